The van der Waals surface area contributed by atoms with Gasteiger partial charge in [-0.05, 0) is 12.1 Å². The van der Waals surface area contributed by atoms with Gasteiger partial charge in [0.1, 0.15) is 0 Å². The van der Waals surface area contributed by atoms with Gasteiger partial charge in [-0.25, -0.2) is 4.79 Å². The van der Waals surface area contributed by atoms with Crippen LogP contribution in [0.15, 0.2) is 52.5 Å². The molecule has 0 fully saturated rings. The summed E-state index contributed by atoms with van der Waals surface area (Å²) in [4.78, 5) is 37.9. The van der Waals surface area contributed by atoms with Crippen molar-refractivity contribution < 1.29 is 19.5 Å². The average molecular weight is 289 g/mol. The van der Waals surface area contributed by atoms with Gasteiger partial charge < -0.3 is 10.1 Å². The van der Waals surface area contributed by atoms with Crippen molar-refractivity contribution in [2.75, 3.05) is 0 Å². The molecule has 0 aliphatic rings. The van der Waals surface area contributed by atoms with E-state index >= 15 is 0 Å². The second-order valence-corrected chi connectivity index (χ2v) is 5.09. The molecule has 0 radical (unpaired) electrons. The lowest BCUT2D eigenvalue weighted by Crippen LogP contribution is -2.17. The Labute approximate surface area is 119 Å². The number of ketones is 2. The maximum Gasteiger partial charge on any atom is 0.372 e. The van der Waals surface area contributed by atoms with Gasteiger partial charge in [0.05, 0.1) is 6.42 Å². The van der Waals surface area contributed by atoms with Crippen LogP contribution in [0.4, 0.5) is 0 Å². The van der Waals surface area contributed by atoms with E-state index in [4.69, 9.17) is 5.11 Å². The highest BCUT2D eigenvalue weighted by Crippen LogP contribution is 2.30. The van der Waals surface area contributed by atoms with Crippen molar-refractivity contribution in [1.29, 1.82) is 0 Å². The number of carbonyl (C=O) groups is 3. The number of carboxylic acid groups (broad SMARTS) is 1. The lowest BCUT2D eigenvalue weighted by atomic mass is 10.1. The van der Waals surface area contributed by atoms with Gasteiger partial charge >= 0.3 is 5.97 Å². The van der Waals surface area contributed by atoms with E-state index < -0.39 is 24.0 Å². The van der Waals surface area contributed by atoms with E-state index in [1.807, 2.05) is 30.3 Å². The van der Waals surface area contributed by atoms with Gasteiger partial charge in [0.25, 0.3) is 0 Å². The number of Topliss-reactive ketones (excluding diaryl/α,β-unsaturated/α-hetero) is 2. The largest absolute Gasteiger partial charge is 0.475 e. The first-order valence-corrected chi connectivity index (χ1v) is 6.58. The minimum atomic E-state index is -1.59. The Morgan fingerprint density at radius 1 is 1.10 bits per heavy atom. The van der Waals surface area contributed by atoms with Crippen molar-refractivity contribution in [2.45, 2.75) is 16.2 Å². The third-order valence-corrected chi connectivity index (χ3v) is 3.60. The molecule has 0 bridgehead atoms. The molecule has 6 heteroatoms. The van der Waals surface area contributed by atoms with E-state index in [2.05, 4.69) is 4.98 Å². The monoisotopic (exact) mass is 289 g/mol. The molecule has 2 aromatic rings. The van der Waals surface area contributed by atoms with E-state index in [1.165, 1.54) is 18.0 Å². The van der Waals surface area contributed by atoms with Gasteiger partial charge in [0, 0.05) is 27.7 Å². The molecular weight excluding hydrogens is 278 g/mol. The van der Waals surface area contributed by atoms with Gasteiger partial charge in [-0.15, -0.1) is 0 Å². The van der Waals surface area contributed by atoms with Crippen LogP contribution in [-0.2, 0) is 9.59 Å². The number of hydrogen-bond acceptors (Lipinski definition) is 4. The van der Waals surface area contributed by atoms with Crippen LogP contribution >= 0.6 is 11.8 Å². The fraction of sp³-hybridized carbons (Fsp3) is 0.0714. The SMILES string of the molecule is O=C(O)C(=O)CC(=O)c1c[nH]cc1Sc1ccccc1. The zero-order valence-corrected chi connectivity index (χ0v) is 11.1. The molecule has 2 N–H and O–H groups in total. The average Bonchev–Trinajstić information content (AvgIpc) is 2.88. The minimum absolute atomic E-state index is 0.327. The first-order valence-electron chi connectivity index (χ1n) is 5.77. The van der Waals surface area contributed by atoms with Crippen LogP contribution < -0.4 is 0 Å². The zero-order chi connectivity index (χ0) is 14.5. The normalized spacial score (nSPS) is 10.2. The molecule has 0 unspecified atom stereocenters. The van der Waals surface area contributed by atoms with E-state index in [-0.39, 0.29) is 0 Å². The Hall–Kier alpha value is -2.34. The molecule has 20 heavy (non-hydrogen) atoms. The highest BCUT2D eigenvalue weighted by atomic mass is 32.2. The molecule has 0 saturated carbocycles. The highest BCUT2D eigenvalue weighted by Gasteiger charge is 2.20. The summed E-state index contributed by atoms with van der Waals surface area (Å²) in [6.45, 7) is 0. The van der Waals surface area contributed by atoms with Crippen molar-refractivity contribution in [3.05, 3.63) is 48.3 Å². The topological polar surface area (TPSA) is 87.2 Å². The van der Waals surface area contributed by atoms with Crippen LogP contribution in [0.25, 0.3) is 0 Å². The van der Waals surface area contributed by atoms with Crippen LogP contribution in [0.1, 0.15) is 16.8 Å². The van der Waals surface area contributed by atoms with Gasteiger partial charge in [0.15, 0.2) is 5.78 Å². The maximum absolute atomic E-state index is 11.9. The van der Waals surface area contributed by atoms with Crippen LogP contribution in [0.5, 0.6) is 0 Å². The Bertz CT molecular complexity index is 648. The number of aliphatic carboxylic acids is 1. The Balaban J connectivity index is 2.14. The highest BCUT2D eigenvalue weighted by molar-refractivity contribution is 7.99. The summed E-state index contributed by atoms with van der Waals surface area (Å²) in [5, 5.41) is 8.52. The number of H-pyrrole nitrogens is 1. The van der Waals surface area contributed by atoms with Crippen molar-refractivity contribution >= 4 is 29.3 Å². The number of aromatic amines is 1. The van der Waals surface area contributed by atoms with E-state index in [0.29, 0.717) is 10.5 Å². The first-order chi connectivity index (χ1) is 9.58. The summed E-state index contributed by atoms with van der Waals surface area (Å²) in [6, 6.07) is 9.44. The summed E-state index contributed by atoms with van der Waals surface area (Å²) in [7, 11) is 0. The van der Waals surface area contributed by atoms with Crippen molar-refractivity contribution in [2.24, 2.45) is 0 Å². The third kappa shape index (κ3) is 3.36. The van der Waals surface area contributed by atoms with E-state index in [1.54, 1.807) is 6.20 Å². The quantitative estimate of drug-likeness (QED) is 0.484. The Morgan fingerprint density at radius 2 is 1.80 bits per heavy atom. The number of nitrogens with one attached hydrogen (secondary N) is 1. The maximum atomic E-state index is 11.9. The predicted octanol–water partition coefficient (Wildman–Crippen LogP) is 2.39. The molecule has 102 valence electrons. The summed E-state index contributed by atoms with van der Waals surface area (Å²) in [5.74, 6) is -3.20. The van der Waals surface area contributed by atoms with Crippen LogP contribution in [0, 0.1) is 0 Å². The van der Waals surface area contributed by atoms with Crippen molar-refractivity contribution in [3.63, 3.8) is 0 Å². The first kappa shape index (κ1) is 14.1. The molecule has 5 nitrogen and oxygen atoms in total. The molecule has 1 heterocycles. The number of carbonyl (C=O) groups excluding carboxylic acids is 2. The van der Waals surface area contributed by atoms with Gasteiger partial charge in [-0.1, -0.05) is 30.0 Å². The molecular formula is C14H11NO4S. The molecule has 1 aromatic heterocycles. The summed E-state index contributed by atoms with van der Waals surface area (Å²) in [6.07, 6.45) is 2.49. The predicted molar refractivity (Wildman–Crippen MR) is 72.9 cm³/mol. The van der Waals surface area contributed by atoms with E-state index in [9.17, 15) is 14.4 Å². The van der Waals surface area contributed by atoms with Gasteiger partial charge in [-0.3, -0.25) is 9.59 Å². The van der Waals surface area contributed by atoms with Crippen molar-refractivity contribution in [1.82, 2.24) is 4.98 Å². The lowest BCUT2D eigenvalue weighted by Gasteiger charge is -2.02. The molecule has 0 spiro atoms. The van der Waals surface area contributed by atoms with Gasteiger partial charge in [0.2, 0.25) is 5.78 Å². The summed E-state index contributed by atoms with van der Waals surface area (Å²) in [5.41, 5.74) is 0.327. The van der Waals surface area contributed by atoms with Gasteiger partial charge in [-0.2, -0.15) is 0 Å². The van der Waals surface area contributed by atoms with Crippen LogP contribution in [0.2, 0.25) is 0 Å². The summed E-state index contributed by atoms with van der Waals surface area (Å²) < 4.78 is 0. The number of aromatic nitrogens is 1. The summed E-state index contributed by atoms with van der Waals surface area (Å²) >= 11 is 1.37. The molecule has 0 aliphatic heterocycles. The standard InChI is InChI=1S/C14H11NO4S/c16-11(6-12(17)14(18)19)10-7-15-8-13(10)20-9-4-2-1-3-5-9/h1-5,7-8,15H,6H2,(H,18,19). The molecule has 0 saturated heterocycles. The molecule has 2 rings (SSSR count). The number of rotatable bonds is 6. The van der Waals surface area contributed by atoms with Crippen LogP contribution in [-0.4, -0.2) is 27.6 Å². The fourth-order valence-electron chi connectivity index (χ4n) is 1.58. The molecule has 1 aromatic carbocycles. The molecule has 0 amide bonds. The second-order valence-electron chi connectivity index (χ2n) is 3.98. The third-order valence-electron chi connectivity index (χ3n) is 2.54. The molecule has 0 atom stereocenters. The van der Waals surface area contributed by atoms with Crippen molar-refractivity contribution in [3.8, 4) is 0 Å². The minimum Gasteiger partial charge on any atom is -0.475 e. The smallest absolute Gasteiger partial charge is 0.372 e. The van der Waals surface area contributed by atoms with E-state index in [0.717, 1.165) is 4.90 Å². The Kier molecular flexibility index (Phi) is 4.37. The zero-order valence-electron chi connectivity index (χ0n) is 10.3. The van der Waals surface area contributed by atoms with Crippen LogP contribution in [0.3, 0.4) is 0 Å². The number of carboxylic acids is 1. The molecule has 0 aliphatic carbocycles. The lowest BCUT2D eigenvalue weighted by molar-refractivity contribution is -0.148. The fourth-order valence-corrected chi connectivity index (χ4v) is 2.54. The second kappa shape index (κ2) is 6.21. The number of hydrogen-bond donors (Lipinski definition) is 2. The number of benzene rings is 1. The Morgan fingerprint density at radius 3 is 2.45 bits per heavy atom.